The van der Waals surface area contributed by atoms with Gasteiger partial charge in [0.05, 0.1) is 5.02 Å². The number of ether oxygens (including phenoxy) is 2. The summed E-state index contributed by atoms with van der Waals surface area (Å²) in [6, 6.07) is 13.4. The summed E-state index contributed by atoms with van der Waals surface area (Å²) in [5.74, 6) is -0.779. The number of anilines is 1. The van der Waals surface area contributed by atoms with E-state index in [9.17, 15) is 9.59 Å². The fraction of sp³-hybridized carbons (Fsp3) is 0.125. The van der Waals surface area contributed by atoms with Gasteiger partial charge in [-0.1, -0.05) is 41.4 Å². The molecule has 0 atom stereocenters. The van der Waals surface area contributed by atoms with Crippen molar-refractivity contribution >= 4 is 40.8 Å². The number of halogens is 2. The van der Waals surface area contributed by atoms with Gasteiger partial charge >= 0.3 is 5.97 Å². The maximum Gasteiger partial charge on any atom is 0.344 e. The first kappa shape index (κ1) is 17.1. The van der Waals surface area contributed by atoms with Crippen LogP contribution in [0.2, 0.25) is 10.0 Å². The molecule has 0 aliphatic heterocycles. The normalized spacial score (nSPS) is 10.0. The van der Waals surface area contributed by atoms with E-state index in [0.29, 0.717) is 21.5 Å². The van der Waals surface area contributed by atoms with E-state index in [1.165, 1.54) is 0 Å². The fourth-order valence-corrected chi connectivity index (χ4v) is 2.03. The lowest BCUT2D eigenvalue weighted by molar-refractivity contribution is -0.149. The average molecular weight is 354 g/mol. The Morgan fingerprint density at radius 2 is 1.78 bits per heavy atom. The Hall–Kier alpha value is -2.24. The Labute approximate surface area is 143 Å². The van der Waals surface area contributed by atoms with Crippen LogP contribution in [0.1, 0.15) is 0 Å². The Morgan fingerprint density at radius 1 is 1.00 bits per heavy atom. The zero-order chi connectivity index (χ0) is 16.7. The summed E-state index contributed by atoms with van der Waals surface area (Å²) in [4.78, 5) is 23.2. The number of para-hydroxylation sites is 1. The van der Waals surface area contributed by atoms with Crippen molar-refractivity contribution in [3.05, 3.63) is 58.6 Å². The molecule has 2 aromatic carbocycles. The first-order valence-corrected chi connectivity index (χ1v) is 7.38. The number of rotatable bonds is 6. The van der Waals surface area contributed by atoms with E-state index < -0.39 is 18.5 Å². The van der Waals surface area contributed by atoms with Crippen LogP contribution in [0.5, 0.6) is 5.75 Å². The Morgan fingerprint density at radius 3 is 2.52 bits per heavy atom. The van der Waals surface area contributed by atoms with E-state index >= 15 is 0 Å². The molecule has 120 valence electrons. The van der Waals surface area contributed by atoms with Crippen molar-refractivity contribution in [1.29, 1.82) is 0 Å². The van der Waals surface area contributed by atoms with Gasteiger partial charge in [0.15, 0.2) is 13.2 Å². The molecule has 0 fully saturated rings. The molecule has 0 unspecified atom stereocenters. The standard InChI is InChI=1S/C16H13Cl2NO4/c17-11-4-3-5-12(8-11)19-15(20)9-23-16(21)10-22-14-7-2-1-6-13(14)18/h1-8H,9-10H2,(H,19,20). The smallest absolute Gasteiger partial charge is 0.344 e. The van der Waals surface area contributed by atoms with E-state index in [4.69, 9.17) is 32.7 Å². The molecule has 0 saturated carbocycles. The number of hydrogen-bond donors (Lipinski definition) is 1. The number of amides is 1. The minimum atomic E-state index is -0.675. The van der Waals surface area contributed by atoms with Crippen molar-refractivity contribution in [1.82, 2.24) is 0 Å². The second-order valence-corrected chi connectivity index (χ2v) is 5.28. The lowest BCUT2D eigenvalue weighted by atomic mass is 10.3. The van der Waals surface area contributed by atoms with Gasteiger partial charge in [-0.15, -0.1) is 0 Å². The number of carbonyl (C=O) groups is 2. The summed E-state index contributed by atoms with van der Waals surface area (Å²) in [5.41, 5.74) is 0.519. The summed E-state index contributed by atoms with van der Waals surface area (Å²) in [6.45, 7) is -0.759. The maximum absolute atomic E-state index is 11.7. The third-order valence-corrected chi connectivity index (χ3v) is 3.20. The molecule has 1 amide bonds. The van der Waals surface area contributed by atoms with Gasteiger partial charge in [0, 0.05) is 10.7 Å². The molecule has 2 rings (SSSR count). The summed E-state index contributed by atoms with van der Waals surface area (Å²) < 4.78 is 10.0. The molecule has 0 radical (unpaired) electrons. The van der Waals surface area contributed by atoms with Gasteiger partial charge in [0.1, 0.15) is 5.75 Å². The van der Waals surface area contributed by atoms with E-state index in [2.05, 4.69) is 5.32 Å². The molecule has 0 spiro atoms. The highest BCUT2D eigenvalue weighted by Crippen LogP contribution is 2.22. The molecule has 23 heavy (non-hydrogen) atoms. The number of esters is 1. The van der Waals surface area contributed by atoms with E-state index in [-0.39, 0.29) is 6.61 Å². The lowest BCUT2D eigenvalue weighted by Crippen LogP contribution is -2.23. The summed E-state index contributed by atoms with van der Waals surface area (Å²) in [6.07, 6.45) is 0. The van der Waals surface area contributed by atoms with Crippen LogP contribution in [-0.2, 0) is 14.3 Å². The van der Waals surface area contributed by atoms with Crippen LogP contribution in [0, 0.1) is 0 Å². The van der Waals surface area contributed by atoms with Gasteiger partial charge in [-0.25, -0.2) is 4.79 Å². The highest BCUT2D eigenvalue weighted by atomic mass is 35.5. The van der Waals surface area contributed by atoms with Gasteiger partial charge < -0.3 is 14.8 Å². The Kier molecular flexibility index (Phi) is 6.26. The molecule has 0 aromatic heterocycles. The molecule has 0 bridgehead atoms. The van der Waals surface area contributed by atoms with Crippen LogP contribution in [0.4, 0.5) is 5.69 Å². The van der Waals surface area contributed by atoms with Crippen molar-refractivity contribution < 1.29 is 19.1 Å². The molecule has 0 aliphatic carbocycles. The van der Waals surface area contributed by atoms with Crippen LogP contribution >= 0.6 is 23.2 Å². The highest BCUT2D eigenvalue weighted by molar-refractivity contribution is 6.32. The Balaban J connectivity index is 1.74. The molecule has 5 nitrogen and oxygen atoms in total. The summed E-state index contributed by atoms with van der Waals surface area (Å²) in [7, 11) is 0. The van der Waals surface area contributed by atoms with Crippen molar-refractivity contribution in [2.45, 2.75) is 0 Å². The molecule has 1 N–H and O–H groups in total. The highest BCUT2D eigenvalue weighted by Gasteiger charge is 2.10. The maximum atomic E-state index is 11.7. The molecule has 2 aromatic rings. The zero-order valence-corrected chi connectivity index (χ0v) is 13.4. The van der Waals surface area contributed by atoms with Crippen LogP contribution in [-0.4, -0.2) is 25.1 Å². The molecule has 7 heteroatoms. The summed E-state index contributed by atoms with van der Waals surface area (Å²) >= 11 is 11.7. The zero-order valence-electron chi connectivity index (χ0n) is 11.9. The number of hydrogen-bond acceptors (Lipinski definition) is 4. The quantitative estimate of drug-likeness (QED) is 0.806. The van der Waals surface area contributed by atoms with Crippen molar-refractivity contribution in [3.8, 4) is 5.75 Å². The predicted octanol–water partition coefficient (Wildman–Crippen LogP) is 3.55. The average Bonchev–Trinajstić information content (AvgIpc) is 2.52. The number of nitrogens with one attached hydrogen (secondary N) is 1. The van der Waals surface area contributed by atoms with Crippen molar-refractivity contribution in [3.63, 3.8) is 0 Å². The second kappa shape index (κ2) is 8.41. The fourth-order valence-electron chi connectivity index (χ4n) is 1.65. The molecule has 0 saturated heterocycles. The lowest BCUT2D eigenvalue weighted by Gasteiger charge is -2.08. The number of benzene rings is 2. The topological polar surface area (TPSA) is 64.6 Å². The number of carbonyl (C=O) groups excluding carboxylic acids is 2. The first-order chi connectivity index (χ1) is 11.0. The van der Waals surface area contributed by atoms with E-state index in [0.717, 1.165) is 0 Å². The molecular weight excluding hydrogens is 341 g/mol. The largest absolute Gasteiger partial charge is 0.480 e. The van der Waals surface area contributed by atoms with Gasteiger partial charge in [-0.2, -0.15) is 0 Å². The van der Waals surface area contributed by atoms with E-state index in [1.807, 2.05) is 0 Å². The van der Waals surface area contributed by atoms with Crippen molar-refractivity contribution in [2.75, 3.05) is 18.5 Å². The minimum Gasteiger partial charge on any atom is -0.480 e. The van der Waals surface area contributed by atoms with Gasteiger partial charge in [-0.05, 0) is 30.3 Å². The molecule has 0 aliphatic rings. The van der Waals surface area contributed by atoms with Crippen LogP contribution in [0.25, 0.3) is 0 Å². The summed E-state index contributed by atoms with van der Waals surface area (Å²) in [5, 5.41) is 3.44. The first-order valence-electron chi connectivity index (χ1n) is 6.63. The SMILES string of the molecule is O=C(COC(=O)COc1ccccc1Cl)Nc1cccc(Cl)c1. The Bertz CT molecular complexity index is 706. The minimum absolute atomic E-state index is 0.339. The second-order valence-electron chi connectivity index (χ2n) is 4.44. The van der Waals surface area contributed by atoms with Gasteiger partial charge in [0.25, 0.3) is 5.91 Å². The molecular formula is C16H13Cl2NO4. The van der Waals surface area contributed by atoms with Crippen LogP contribution < -0.4 is 10.1 Å². The predicted molar refractivity (Wildman–Crippen MR) is 88.0 cm³/mol. The van der Waals surface area contributed by atoms with Gasteiger partial charge in [0.2, 0.25) is 0 Å². The van der Waals surface area contributed by atoms with Crippen LogP contribution in [0.3, 0.4) is 0 Å². The monoisotopic (exact) mass is 353 g/mol. The van der Waals surface area contributed by atoms with Crippen LogP contribution in [0.15, 0.2) is 48.5 Å². The third kappa shape index (κ3) is 5.81. The van der Waals surface area contributed by atoms with Gasteiger partial charge in [-0.3, -0.25) is 4.79 Å². The molecule has 0 heterocycles. The third-order valence-electron chi connectivity index (χ3n) is 2.65. The van der Waals surface area contributed by atoms with E-state index in [1.54, 1.807) is 48.5 Å². The van der Waals surface area contributed by atoms with Crippen molar-refractivity contribution in [2.24, 2.45) is 0 Å².